The number of benzene rings is 1. The summed E-state index contributed by atoms with van der Waals surface area (Å²) in [4.78, 5) is 8.40. The molecule has 0 bridgehead atoms. The predicted octanol–water partition coefficient (Wildman–Crippen LogP) is 3.06. The number of hydrogen-bond donors (Lipinski definition) is 1. The number of nitrogens with zero attached hydrogens (tertiary/aromatic N) is 2. The number of rotatable bonds is 4. The lowest BCUT2D eigenvalue weighted by atomic mass is 10.2. The van der Waals surface area contributed by atoms with Gasteiger partial charge in [-0.15, -0.1) is 0 Å². The number of nitrogens with one attached hydrogen (secondary N) is 1. The maximum atomic E-state index is 6.14. The summed E-state index contributed by atoms with van der Waals surface area (Å²) in [5.74, 6) is 1.33. The zero-order valence-electron chi connectivity index (χ0n) is 10.3. The molecule has 0 aliphatic carbocycles. The summed E-state index contributed by atoms with van der Waals surface area (Å²) in [5, 5.41) is 3.79. The molecule has 0 radical (unpaired) electrons. The van der Waals surface area contributed by atoms with E-state index in [4.69, 9.17) is 16.3 Å². The van der Waals surface area contributed by atoms with Gasteiger partial charge in [-0.05, 0) is 25.1 Å². The van der Waals surface area contributed by atoms with Gasteiger partial charge in [0.15, 0.2) is 0 Å². The highest BCUT2D eigenvalue weighted by Gasteiger charge is 2.07. The molecule has 0 aliphatic rings. The van der Waals surface area contributed by atoms with E-state index in [1.165, 1.54) is 0 Å². The van der Waals surface area contributed by atoms with Gasteiger partial charge in [0, 0.05) is 29.0 Å². The molecule has 2 rings (SSSR count). The number of anilines is 1. The third kappa shape index (κ3) is 2.90. The normalized spacial score (nSPS) is 10.2. The van der Waals surface area contributed by atoms with Gasteiger partial charge < -0.3 is 10.1 Å². The Bertz CT molecular complexity index is 546. The molecule has 5 heteroatoms. The van der Waals surface area contributed by atoms with Crippen LogP contribution in [0.3, 0.4) is 0 Å². The van der Waals surface area contributed by atoms with Gasteiger partial charge >= 0.3 is 0 Å². The van der Waals surface area contributed by atoms with Crippen molar-refractivity contribution in [3.05, 3.63) is 46.7 Å². The minimum atomic E-state index is 0.520. The van der Waals surface area contributed by atoms with Crippen LogP contribution in [0.4, 0.5) is 5.95 Å². The fourth-order valence-corrected chi connectivity index (χ4v) is 1.84. The fourth-order valence-electron chi connectivity index (χ4n) is 1.60. The van der Waals surface area contributed by atoms with Crippen LogP contribution in [0, 0.1) is 6.92 Å². The van der Waals surface area contributed by atoms with E-state index in [1.807, 2.05) is 31.2 Å². The summed E-state index contributed by atoms with van der Waals surface area (Å²) in [6, 6.07) is 7.41. The van der Waals surface area contributed by atoms with E-state index < -0.39 is 0 Å². The molecule has 0 atom stereocenters. The molecule has 4 nitrogen and oxygen atoms in total. The SMILES string of the molecule is COc1cccc(Cl)c1CNc1nccc(C)n1. The van der Waals surface area contributed by atoms with Gasteiger partial charge in [0.1, 0.15) is 5.75 Å². The van der Waals surface area contributed by atoms with Crippen molar-refractivity contribution in [2.45, 2.75) is 13.5 Å². The second-order valence-corrected chi connectivity index (χ2v) is 4.20. The third-order valence-electron chi connectivity index (χ3n) is 2.51. The van der Waals surface area contributed by atoms with Crippen LogP contribution in [0.1, 0.15) is 11.3 Å². The molecule has 0 fully saturated rings. The zero-order valence-corrected chi connectivity index (χ0v) is 11.0. The van der Waals surface area contributed by atoms with Gasteiger partial charge in [-0.2, -0.15) is 0 Å². The van der Waals surface area contributed by atoms with Gasteiger partial charge in [0.25, 0.3) is 0 Å². The first-order valence-electron chi connectivity index (χ1n) is 5.55. The molecule has 0 saturated heterocycles. The topological polar surface area (TPSA) is 47.0 Å². The van der Waals surface area contributed by atoms with Gasteiger partial charge in [-0.1, -0.05) is 17.7 Å². The summed E-state index contributed by atoms with van der Waals surface area (Å²) in [6.45, 7) is 2.44. The second-order valence-electron chi connectivity index (χ2n) is 3.80. The van der Waals surface area contributed by atoms with Crippen molar-refractivity contribution in [2.24, 2.45) is 0 Å². The van der Waals surface area contributed by atoms with Crippen LogP contribution in [-0.2, 0) is 6.54 Å². The van der Waals surface area contributed by atoms with Crippen LogP contribution in [0.2, 0.25) is 5.02 Å². The first-order chi connectivity index (χ1) is 8.70. The number of halogens is 1. The van der Waals surface area contributed by atoms with Gasteiger partial charge in [0.2, 0.25) is 5.95 Å². The van der Waals surface area contributed by atoms with Crippen LogP contribution in [0.15, 0.2) is 30.5 Å². The maximum Gasteiger partial charge on any atom is 0.223 e. The Kier molecular flexibility index (Phi) is 3.99. The molecule has 1 aromatic carbocycles. The summed E-state index contributed by atoms with van der Waals surface area (Å²) < 4.78 is 5.27. The van der Waals surface area contributed by atoms with Crippen molar-refractivity contribution in [1.82, 2.24) is 9.97 Å². The van der Waals surface area contributed by atoms with Gasteiger partial charge in [-0.3, -0.25) is 0 Å². The molecule has 0 aliphatic heterocycles. The molecule has 0 spiro atoms. The molecule has 18 heavy (non-hydrogen) atoms. The van der Waals surface area contributed by atoms with E-state index in [1.54, 1.807) is 13.3 Å². The van der Waals surface area contributed by atoms with Crippen molar-refractivity contribution < 1.29 is 4.74 Å². The Morgan fingerprint density at radius 3 is 2.89 bits per heavy atom. The van der Waals surface area contributed by atoms with E-state index in [2.05, 4.69) is 15.3 Å². The third-order valence-corrected chi connectivity index (χ3v) is 2.87. The van der Waals surface area contributed by atoms with Gasteiger partial charge in [-0.25, -0.2) is 9.97 Å². The average Bonchev–Trinajstić information content (AvgIpc) is 2.37. The minimum Gasteiger partial charge on any atom is -0.496 e. The zero-order chi connectivity index (χ0) is 13.0. The predicted molar refractivity (Wildman–Crippen MR) is 72.1 cm³/mol. The smallest absolute Gasteiger partial charge is 0.223 e. The van der Waals surface area contributed by atoms with Crippen LogP contribution in [0.5, 0.6) is 5.75 Å². The summed E-state index contributed by atoms with van der Waals surface area (Å²) in [6.07, 6.45) is 1.72. The molecule has 94 valence electrons. The van der Waals surface area contributed by atoms with Crippen molar-refractivity contribution in [1.29, 1.82) is 0 Å². The Labute approximate surface area is 111 Å². The van der Waals surface area contributed by atoms with Crippen LogP contribution in [0.25, 0.3) is 0 Å². The lowest BCUT2D eigenvalue weighted by Gasteiger charge is -2.11. The second kappa shape index (κ2) is 5.69. The quantitative estimate of drug-likeness (QED) is 0.921. The number of hydrogen-bond acceptors (Lipinski definition) is 4. The van der Waals surface area contributed by atoms with Crippen molar-refractivity contribution in [3.8, 4) is 5.75 Å². The number of aryl methyl sites for hydroxylation is 1. The van der Waals surface area contributed by atoms with Crippen LogP contribution in [-0.4, -0.2) is 17.1 Å². The number of aromatic nitrogens is 2. The largest absolute Gasteiger partial charge is 0.496 e. The van der Waals surface area contributed by atoms with Crippen molar-refractivity contribution in [3.63, 3.8) is 0 Å². The van der Waals surface area contributed by atoms with Crippen LogP contribution < -0.4 is 10.1 Å². The highest BCUT2D eigenvalue weighted by atomic mass is 35.5. The highest BCUT2D eigenvalue weighted by molar-refractivity contribution is 6.31. The van der Waals surface area contributed by atoms with Gasteiger partial charge in [0.05, 0.1) is 7.11 Å². The Balaban J connectivity index is 2.15. The minimum absolute atomic E-state index is 0.520. The first kappa shape index (κ1) is 12.6. The monoisotopic (exact) mass is 263 g/mol. The van der Waals surface area contributed by atoms with E-state index >= 15 is 0 Å². The molecule has 0 unspecified atom stereocenters. The van der Waals surface area contributed by atoms with E-state index in [-0.39, 0.29) is 0 Å². The lowest BCUT2D eigenvalue weighted by Crippen LogP contribution is -2.05. The molecule has 1 heterocycles. The number of ether oxygens (including phenoxy) is 1. The lowest BCUT2D eigenvalue weighted by molar-refractivity contribution is 0.410. The summed E-state index contributed by atoms with van der Waals surface area (Å²) in [5.41, 5.74) is 1.81. The Hall–Kier alpha value is -1.81. The molecule has 1 N–H and O–H groups in total. The van der Waals surface area contributed by atoms with Crippen LogP contribution >= 0.6 is 11.6 Å². The molecule has 0 amide bonds. The number of methoxy groups -OCH3 is 1. The Morgan fingerprint density at radius 2 is 2.17 bits per heavy atom. The van der Waals surface area contributed by atoms with Crippen molar-refractivity contribution >= 4 is 17.5 Å². The highest BCUT2D eigenvalue weighted by Crippen LogP contribution is 2.26. The molecule has 1 aromatic heterocycles. The molecule has 0 saturated carbocycles. The molecular formula is C13H14ClN3O. The van der Waals surface area contributed by atoms with E-state index in [0.29, 0.717) is 17.5 Å². The maximum absolute atomic E-state index is 6.14. The molecule has 2 aromatic rings. The summed E-state index contributed by atoms with van der Waals surface area (Å²) >= 11 is 6.14. The first-order valence-corrected chi connectivity index (χ1v) is 5.93. The summed E-state index contributed by atoms with van der Waals surface area (Å²) in [7, 11) is 1.62. The van der Waals surface area contributed by atoms with E-state index in [9.17, 15) is 0 Å². The molecular weight excluding hydrogens is 250 g/mol. The standard InChI is InChI=1S/C13H14ClN3O/c1-9-6-7-15-13(17-9)16-8-10-11(14)4-3-5-12(10)18-2/h3-7H,8H2,1-2H3,(H,15,16,17). The Morgan fingerprint density at radius 1 is 1.33 bits per heavy atom. The fraction of sp³-hybridized carbons (Fsp3) is 0.231. The van der Waals surface area contributed by atoms with Crippen molar-refractivity contribution in [2.75, 3.05) is 12.4 Å². The van der Waals surface area contributed by atoms with E-state index in [0.717, 1.165) is 17.0 Å². The average molecular weight is 264 g/mol.